The van der Waals surface area contributed by atoms with Crippen molar-refractivity contribution in [3.63, 3.8) is 0 Å². The fraction of sp³-hybridized carbons (Fsp3) is 0.467. The Hall–Kier alpha value is -1.93. The minimum atomic E-state index is -4.36. The zero-order valence-electron chi connectivity index (χ0n) is 12.4. The number of alkyl halides is 3. The fourth-order valence-corrected chi connectivity index (χ4v) is 2.53. The van der Waals surface area contributed by atoms with E-state index < -0.39 is 11.7 Å². The van der Waals surface area contributed by atoms with Gasteiger partial charge < -0.3 is 10.3 Å². The average Bonchev–Trinajstić information content (AvgIpc) is 3.26. The number of hydrogen-bond acceptors (Lipinski definition) is 5. The molecule has 1 aromatic carbocycles. The molecule has 0 amide bonds. The Morgan fingerprint density at radius 3 is 2.57 bits per heavy atom. The van der Waals surface area contributed by atoms with Gasteiger partial charge in [0.05, 0.1) is 18.7 Å². The van der Waals surface area contributed by atoms with Crippen LogP contribution >= 0.6 is 0 Å². The summed E-state index contributed by atoms with van der Waals surface area (Å²) in [6, 6.07) is 5.91. The number of aromatic nitrogens is 2. The summed E-state index contributed by atoms with van der Waals surface area (Å²) in [6.07, 6.45) is -2.42. The SMILES string of the molecule is NCc1nc(CN(Cc2ccccc2C(F)(F)F)C2CC2)no1. The first-order valence-corrected chi connectivity index (χ1v) is 7.38. The van der Waals surface area contributed by atoms with Crippen molar-refractivity contribution in [3.8, 4) is 0 Å². The molecular formula is C15H17F3N4O. The van der Waals surface area contributed by atoms with E-state index in [-0.39, 0.29) is 24.7 Å². The van der Waals surface area contributed by atoms with Crippen molar-refractivity contribution in [1.82, 2.24) is 15.0 Å². The Labute approximate surface area is 131 Å². The Morgan fingerprint density at radius 2 is 1.96 bits per heavy atom. The summed E-state index contributed by atoms with van der Waals surface area (Å²) in [5.74, 6) is 0.772. The first kappa shape index (κ1) is 15.9. The van der Waals surface area contributed by atoms with Gasteiger partial charge in [0.25, 0.3) is 0 Å². The molecule has 0 atom stereocenters. The van der Waals surface area contributed by atoms with E-state index in [1.807, 2.05) is 4.90 Å². The lowest BCUT2D eigenvalue weighted by Gasteiger charge is -2.22. The van der Waals surface area contributed by atoms with E-state index >= 15 is 0 Å². The van der Waals surface area contributed by atoms with E-state index in [1.165, 1.54) is 12.1 Å². The summed E-state index contributed by atoms with van der Waals surface area (Å²) in [6.45, 7) is 0.695. The Morgan fingerprint density at radius 1 is 1.22 bits per heavy atom. The maximum absolute atomic E-state index is 13.1. The van der Waals surface area contributed by atoms with Crippen molar-refractivity contribution in [2.75, 3.05) is 0 Å². The summed E-state index contributed by atoms with van der Waals surface area (Å²) >= 11 is 0. The van der Waals surface area contributed by atoms with Gasteiger partial charge in [-0.25, -0.2) is 0 Å². The normalized spacial score (nSPS) is 15.3. The molecule has 23 heavy (non-hydrogen) atoms. The van der Waals surface area contributed by atoms with Gasteiger partial charge in [0, 0.05) is 12.6 Å². The van der Waals surface area contributed by atoms with E-state index in [0.717, 1.165) is 18.9 Å². The Kier molecular flexibility index (Phi) is 4.36. The van der Waals surface area contributed by atoms with E-state index in [4.69, 9.17) is 10.3 Å². The van der Waals surface area contributed by atoms with E-state index in [2.05, 4.69) is 10.1 Å². The Balaban J connectivity index is 1.78. The second kappa shape index (κ2) is 6.29. The van der Waals surface area contributed by atoms with Gasteiger partial charge in [-0.1, -0.05) is 23.4 Å². The smallest absolute Gasteiger partial charge is 0.338 e. The van der Waals surface area contributed by atoms with Crippen LogP contribution in [-0.4, -0.2) is 21.1 Å². The molecule has 5 nitrogen and oxygen atoms in total. The molecule has 1 saturated carbocycles. The lowest BCUT2D eigenvalue weighted by atomic mass is 10.1. The second-order valence-electron chi connectivity index (χ2n) is 5.60. The molecule has 1 aliphatic carbocycles. The minimum Gasteiger partial charge on any atom is -0.338 e. The molecule has 1 heterocycles. The highest BCUT2D eigenvalue weighted by molar-refractivity contribution is 5.29. The maximum Gasteiger partial charge on any atom is 0.416 e. The average molecular weight is 326 g/mol. The number of nitrogens with zero attached hydrogens (tertiary/aromatic N) is 3. The molecule has 1 aliphatic rings. The topological polar surface area (TPSA) is 68.2 Å². The second-order valence-corrected chi connectivity index (χ2v) is 5.60. The summed E-state index contributed by atoms with van der Waals surface area (Å²) in [4.78, 5) is 6.08. The van der Waals surface area contributed by atoms with Crippen molar-refractivity contribution in [1.29, 1.82) is 0 Å². The van der Waals surface area contributed by atoms with Crippen molar-refractivity contribution < 1.29 is 17.7 Å². The van der Waals surface area contributed by atoms with Gasteiger partial charge >= 0.3 is 6.18 Å². The van der Waals surface area contributed by atoms with Gasteiger partial charge in [0.15, 0.2) is 5.82 Å². The van der Waals surface area contributed by atoms with Gasteiger partial charge in [-0.3, -0.25) is 4.90 Å². The van der Waals surface area contributed by atoms with Crippen LogP contribution in [0.15, 0.2) is 28.8 Å². The van der Waals surface area contributed by atoms with Crippen LogP contribution in [-0.2, 0) is 25.8 Å². The molecule has 0 spiro atoms. The standard InChI is InChI=1S/C15H17F3N4O/c16-15(17,18)12-4-2-1-3-10(12)8-22(11-5-6-11)9-13-20-14(7-19)23-21-13/h1-4,11H,5-9,19H2. The molecule has 0 bridgehead atoms. The van der Waals surface area contributed by atoms with Crippen molar-refractivity contribution in [2.45, 2.75) is 44.7 Å². The van der Waals surface area contributed by atoms with Crippen LogP contribution in [0.5, 0.6) is 0 Å². The van der Waals surface area contributed by atoms with Crippen molar-refractivity contribution in [2.24, 2.45) is 5.73 Å². The molecule has 1 aromatic heterocycles. The first-order valence-electron chi connectivity index (χ1n) is 7.38. The molecule has 8 heteroatoms. The molecule has 3 rings (SSSR count). The van der Waals surface area contributed by atoms with Crippen molar-refractivity contribution in [3.05, 3.63) is 47.1 Å². The molecule has 0 saturated heterocycles. The highest BCUT2D eigenvalue weighted by atomic mass is 19.4. The van der Waals surface area contributed by atoms with Crippen LogP contribution in [0.4, 0.5) is 13.2 Å². The predicted octanol–water partition coefficient (Wildman–Crippen LogP) is 2.71. The number of nitrogens with two attached hydrogens (primary N) is 1. The van der Waals surface area contributed by atoms with Gasteiger partial charge in [0.1, 0.15) is 0 Å². The predicted molar refractivity (Wildman–Crippen MR) is 75.9 cm³/mol. The third kappa shape index (κ3) is 3.89. The van der Waals surface area contributed by atoms with E-state index in [0.29, 0.717) is 18.3 Å². The summed E-state index contributed by atoms with van der Waals surface area (Å²) in [7, 11) is 0. The molecule has 2 N–H and O–H groups in total. The molecule has 1 fully saturated rings. The Bertz CT molecular complexity index is 667. The third-order valence-corrected chi connectivity index (χ3v) is 3.79. The lowest BCUT2D eigenvalue weighted by Crippen LogP contribution is -2.27. The van der Waals surface area contributed by atoms with Crippen LogP contribution in [0.1, 0.15) is 35.7 Å². The molecule has 0 unspecified atom stereocenters. The van der Waals surface area contributed by atoms with Crippen LogP contribution < -0.4 is 5.73 Å². The molecular weight excluding hydrogens is 309 g/mol. The zero-order valence-corrected chi connectivity index (χ0v) is 12.4. The number of hydrogen-bond donors (Lipinski definition) is 1. The molecule has 2 aromatic rings. The number of rotatable bonds is 6. The van der Waals surface area contributed by atoms with Gasteiger partial charge in [0.2, 0.25) is 5.89 Å². The van der Waals surface area contributed by atoms with Gasteiger partial charge in [-0.2, -0.15) is 18.2 Å². The van der Waals surface area contributed by atoms with Crippen LogP contribution in [0.25, 0.3) is 0 Å². The van der Waals surface area contributed by atoms with Crippen LogP contribution in [0.2, 0.25) is 0 Å². The minimum absolute atomic E-state index is 0.146. The quantitative estimate of drug-likeness (QED) is 0.884. The number of halogens is 3. The van der Waals surface area contributed by atoms with Gasteiger partial charge in [-0.05, 0) is 24.5 Å². The summed E-state index contributed by atoms with van der Waals surface area (Å²) < 4.78 is 44.3. The molecule has 124 valence electrons. The fourth-order valence-electron chi connectivity index (χ4n) is 2.53. The summed E-state index contributed by atoms with van der Waals surface area (Å²) in [5, 5.41) is 3.82. The highest BCUT2D eigenvalue weighted by Gasteiger charge is 2.35. The number of benzene rings is 1. The highest BCUT2D eigenvalue weighted by Crippen LogP contribution is 2.35. The van der Waals surface area contributed by atoms with E-state index in [9.17, 15) is 13.2 Å². The molecule has 0 radical (unpaired) electrons. The first-order chi connectivity index (χ1) is 11.0. The largest absolute Gasteiger partial charge is 0.416 e. The zero-order chi connectivity index (χ0) is 16.4. The monoisotopic (exact) mass is 326 g/mol. The van der Waals surface area contributed by atoms with Gasteiger partial charge in [-0.15, -0.1) is 0 Å². The van der Waals surface area contributed by atoms with Crippen molar-refractivity contribution >= 4 is 0 Å². The third-order valence-electron chi connectivity index (χ3n) is 3.79. The maximum atomic E-state index is 13.1. The summed E-state index contributed by atoms with van der Waals surface area (Å²) in [5.41, 5.74) is 5.09. The molecule has 0 aliphatic heterocycles. The van der Waals surface area contributed by atoms with Crippen LogP contribution in [0.3, 0.4) is 0 Å². The van der Waals surface area contributed by atoms with Crippen LogP contribution in [0, 0.1) is 0 Å². The lowest BCUT2D eigenvalue weighted by molar-refractivity contribution is -0.138. The van der Waals surface area contributed by atoms with E-state index in [1.54, 1.807) is 6.07 Å².